The number of amides is 3. The summed E-state index contributed by atoms with van der Waals surface area (Å²) in [4.78, 5) is 41.0. The Labute approximate surface area is 203 Å². The Kier molecular flexibility index (Phi) is 7.87. The van der Waals surface area contributed by atoms with Crippen molar-refractivity contribution < 1.29 is 27.6 Å². The maximum absolute atomic E-state index is 12.9. The van der Waals surface area contributed by atoms with Crippen LogP contribution in [-0.4, -0.2) is 54.2 Å². The molecular weight excluding hydrogens is 459 g/mol. The zero-order valence-electron chi connectivity index (χ0n) is 20.3. The number of alkyl halides is 3. The summed E-state index contributed by atoms with van der Waals surface area (Å²) in [5.41, 5.74) is 3.13. The summed E-state index contributed by atoms with van der Waals surface area (Å²) in [5.74, 6) is -1.14. The average molecular weight is 490 g/mol. The van der Waals surface area contributed by atoms with Crippen molar-refractivity contribution in [1.29, 1.82) is 0 Å². The van der Waals surface area contributed by atoms with E-state index in [0.717, 1.165) is 34.5 Å². The van der Waals surface area contributed by atoms with Gasteiger partial charge in [0.1, 0.15) is 0 Å². The van der Waals surface area contributed by atoms with Crippen molar-refractivity contribution in [2.45, 2.75) is 39.8 Å². The lowest BCUT2D eigenvalue weighted by Crippen LogP contribution is -2.45. The molecule has 6 nitrogen and oxygen atoms in total. The predicted molar refractivity (Wildman–Crippen MR) is 127 cm³/mol. The predicted octanol–water partition coefficient (Wildman–Crippen LogP) is 4.58. The molecule has 0 bridgehead atoms. The van der Waals surface area contributed by atoms with Crippen LogP contribution in [0.3, 0.4) is 0 Å². The minimum atomic E-state index is -4.46. The van der Waals surface area contributed by atoms with Crippen LogP contribution in [0.15, 0.2) is 36.4 Å². The highest BCUT2D eigenvalue weighted by Crippen LogP contribution is 2.29. The van der Waals surface area contributed by atoms with E-state index < -0.39 is 11.7 Å². The summed E-state index contributed by atoms with van der Waals surface area (Å²) in [6, 6.07) is 8.10. The standard InChI is InChI=1S/C26H30F3N3O3/c1-16-13-17(2)23(18(3)14-16)30-22(33)15-31(4)24(34)20-9-11-32(12-10-20)25(35)19-5-7-21(8-6-19)26(27,28)29/h5-8,13-14,20H,9-12,15H2,1-4H3,(H,30,33). The molecule has 0 spiro atoms. The minimum Gasteiger partial charge on any atom is -0.339 e. The van der Waals surface area contributed by atoms with Crippen LogP contribution in [0, 0.1) is 26.7 Å². The van der Waals surface area contributed by atoms with Crippen molar-refractivity contribution in [3.05, 3.63) is 64.2 Å². The summed E-state index contributed by atoms with van der Waals surface area (Å²) in [6.07, 6.45) is -3.61. The fourth-order valence-corrected chi connectivity index (χ4v) is 4.48. The van der Waals surface area contributed by atoms with Gasteiger partial charge < -0.3 is 15.1 Å². The summed E-state index contributed by atoms with van der Waals surface area (Å²) in [7, 11) is 1.58. The van der Waals surface area contributed by atoms with Crippen LogP contribution in [0.25, 0.3) is 0 Å². The van der Waals surface area contributed by atoms with Crippen molar-refractivity contribution in [3.63, 3.8) is 0 Å². The van der Waals surface area contributed by atoms with E-state index in [2.05, 4.69) is 5.32 Å². The highest BCUT2D eigenvalue weighted by Gasteiger charge is 2.32. The molecule has 1 N–H and O–H groups in total. The van der Waals surface area contributed by atoms with Crippen LogP contribution < -0.4 is 5.32 Å². The van der Waals surface area contributed by atoms with Gasteiger partial charge in [-0.3, -0.25) is 14.4 Å². The fraction of sp³-hybridized carbons (Fsp3) is 0.423. The Hall–Kier alpha value is -3.36. The lowest BCUT2D eigenvalue weighted by molar-refractivity contribution is -0.138. The molecule has 1 aliphatic heterocycles. The highest BCUT2D eigenvalue weighted by atomic mass is 19.4. The zero-order chi connectivity index (χ0) is 25.9. The molecule has 1 heterocycles. The van der Waals surface area contributed by atoms with E-state index in [1.165, 1.54) is 17.0 Å². The van der Waals surface area contributed by atoms with Gasteiger partial charge in [-0.25, -0.2) is 0 Å². The maximum Gasteiger partial charge on any atom is 0.416 e. The highest BCUT2D eigenvalue weighted by molar-refractivity contribution is 5.96. The Morgan fingerprint density at radius 2 is 1.54 bits per heavy atom. The number of aryl methyl sites for hydroxylation is 3. The second kappa shape index (κ2) is 10.5. The van der Waals surface area contributed by atoms with E-state index in [-0.39, 0.29) is 35.7 Å². The third-order valence-corrected chi connectivity index (χ3v) is 6.29. The SMILES string of the molecule is Cc1cc(C)c(NC(=O)CN(C)C(=O)C2CCN(C(=O)c3ccc(C(F)(F)F)cc3)CC2)c(C)c1. The van der Waals surface area contributed by atoms with Crippen LogP contribution in [0.1, 0.15) is 45.5 Å². The molecule has 3 rings (SSSR count). The molecule has 9 heteroatoms. The van der Waals surface area contributed by atoms with Crippen LogP contribution >= 0.6 is 0 Å². The fourth-order valence-electron chi connectivity index (χ4n) is 4.48. The number of carbonyl (C=O) groups is 3. The Bertz CT molecular complexity index is 1080. The smallest absolute Gasteiger partial charge is 0.339 e. The molecule has 1 fully saturated rings. The molecule has 3 amide bonds. The normalized spacial score (nSPS) is 14.5. The number of likely N-dealkylation sites (tertiary alicyclic amines) is 1. The van der Waals surface area contributed by atoms with Gasteiger partial charge in [0.15, 0.2) is 0 Å². The zero-order valence-corrected chi connectivity index (χ0v) is 20.3. The van der Waals surface area contributed by atoms with Crippen LogP contribution in [0.2, 0.25) is 0 Å². The number of benzene rings is 2. The first-order valence-corrected chi connectivity index (χ1v) is 11.5. The number of hydrogen-bond acceptors (Lipinski definition) is 3. The van der Waals surface area contributed by atoms with Crippen LogP contribution in [0.5, 0.6) is 0 Å². The molecule has 1 aliphatic rings. The van der Waals surface area contributed by atoms with Crippen molar-refractivity contribution >= 4 is 23.4 Å². The van der Waals surface area contributed by atoms with Crippen LogP contribution in [0.4, 0.5) is 18.9 Å². The molecule has 0 aromatic heterocycles. The molecule has 0 aliphatic carbocycles. The van der Waals surface area contributed by atoms with Gasteiger partial charge in [0.05, 0.1) is 12.1 Å². The second-order valence-corrected chi connectivity index (χ2v) is 9.16. The molecule has 0 unspecified atom stereocenters. The van der Waals surface area contributed by atoms with Crippen molar-refractivity contribution in [3.8, 4) is 0 Å². The maximum atomic E-state index is 12.9. The van der Waals surface area contributed by atoms with Gasteiger partial charge in [0, 0.05) is 37.3 Å². The number of likely N-dealkylation sites (N-methyl/N-ethyl adjacent to an activating group) is 1. The van der Waals surface area contributed by atoms with Gasteiger partial charge in [-0.2, -0.15) is 13.2 Å². The number of nitrogens with zero attached hydrogens (tertiary/aromatic N) is 2. The number of carbonyl (C=O) groups excluding carboxylic acids is 3. The number of hydrogen-bond donors (Lipinski definition) is 1. The van der Waals surface area contributed by atoms with E-state index in [9.17, 15) is 27.6 Å². The van der Waals surface area contributed by atoms with E-state index >= 15 is 0 Å². The molecule has 0 radical (unpaired) electrons. The number of anilines is 1. The lowest BCUT2D eigenvalue weighted by Gasteiger charge is -2.33. The van der Waals surface area contributed by atoms with Crippen molar-refractivity contribution in [2.75, 3.05) is 32.0 Å². The molecule has 0 atom stereocenters. The van der Waals surface area contributed by atoms with Crippen molar-refractivity contribution in [1.82, 2.24) is 9.80 Å². The monoisotopic (exact) mass is 489 g/mol. The largest absolute Gasteiger partial charge is 0.416 e. The van der Waals surface area contributed by atoms with Gasteiger partial charge in [0.2, 0.25) is 11.8 Å². The first kappa shape index (κ1) is 26.2. The van der Waals surface area contributed by atoms with Gasteiger partial charge in [-0.15, -0.1) is 0 Å². The lowest BCUT2D eigenvalue weighted by atomic mass is 9.94. The first-order valence-electron chi connectivity index (χ1n) is 11.5. The Morgan fingerprint density at radius 1 is 1.00 bits per heavy atom. The van der Waals surface area contributed by atoms with E-state index in [4.69, 9.17) is 0 Å². The number of piperidine rings is 1. The topological polar surface area (TPSA) is 69.7 Å². The third-order valence-electron chi connectivity index (χ3n) is 6.29. The summed E-state index contributed by atoms with van der Waals surface area (Å²) in [6.45, 7) is 6.38. The van der Waals surface area contributed by atoms with Crippen molar-refractivity contribution in [2.24, 2.45) is 5.92 Å². The number of nitrogens with one attached hydrogen (secondary N) is 1. The molecule has 35 heavy (non-hydrogen) atoms. The number of rotatable bonds is 5. The molecular formula is C26H30F3N3O3. The van der Waals surface area contributed by atoms with Gasteiger partial charge in [0.25, 0.3) is 5.91 Å². The third kappa shape index (κ3) is 6.41. The quantitative estimate of drug-likeness (QED) is 0.669. The Morgan fingerprint density at radius 3 is 2.06 bits per heavy atom. The molecule has 2 aromatic rings. The minimum absolute atomic E-state index is 0.0870. The average Bonchev–Trinajstić information content (AvgIpc) is 2.80. The molecule has 0 saturated carbocycles. The summed E-state index contributed by atoms with van der Waals surface area (Å²) < 4.78 is 38.2. The summed E-state index contributed by atoms with van der Waals surface area (Å²) in [5, 5.41) is 2.89. The first-order chi connectivity index (χ1) is 16.4. The number of halogens is 3. The molecule has 188 valence electrons. The van der Waals surface area contributed by atoms with E-state index in [0.29, 0.717) is 25.9 Å². The van der Waals surface area contributed by atoms with Gasteiger partial charge in [-0.05, 0) is 69.0 Å². The summed E-state index contributed by atoms with van der Waals surface area (Å²) >= 11 is 0. The van der Waals surface area contributed by atoms with Crippen LogP contribution in [-0.2, 0) is 15.8 Å². The molecule has 2 aromatic carbocycles. The van der Waals surface area contributed by atoms with Gasteiger partial charge >= 0.3 is 6.18 Å². The molecule has 1 saturated heterocycles. The van der Waals surface area contributed by atoms with E-state index in [1.807, 2.05) is 32.9 Å². The van der Waals surface area contributed by atoms with Gasteiger partial charge in [-0.1, -0.05) is 17.7 Å². The second-order valence-electron chi connectivity index (χ2n) is 9.16. The Balaban J connectivity index is 1.52. The van der Waals surface area contributed by atoms with E-state index in [1.54, 1.807) is 11.9 Å².